The van der Waals surface area contributed by atoms with Gasteiger partial charge in [0, 0.05) is 30.4 Å². The molecule has 5 rings (SSSR count). The molecule has 0 bridgehead atoms. The Labute approximate surface area is 181 Å². The Bertz CT molecular complexity index is 1280. The second-order valence-corrected chi connectivity index (χ2v) is 8.44. The summed E-state index contributed by atoms with van der Waals surface area (Å²) in [5.41, 5.74) is 6.02. The number of para-hydroxylation sites is 1. The van der Waals surface area contributed by atoms with Crippen molar-refractivity contribution in [3.05, 3.63) is 70.8 Å². The van der Waals surface area contributed by atoms with Crippen molar-refractivity contribution in [1.82, 2.24) is 29.9 Å². The van der Waals surface area contributed by atoms with Crippen LogP contribution in [0.25, 0.3) is 16.7 Å². The van der Waals surface area contributed by atoms with E-state index in [0.29, 0.717) is 11.5 Å². The van der Waals surface area contributed by atoms with Gasteiger partial charge in [0.25, 0.3) is 5.91 Å². The zero-order chi connectivity index (χ0) is 21.7. The molecule has 158 valence electrons. The van der Waals surface area contributed by atoms with Crippen LogP contribution in [-0.2, 0) is 7.05 Å². The fraction of sp³-hybridized carbons (Fsp3) is 0.333. The lowest BCUT2D eigenvalue weighted by Gasteiger charge is -2.15. The Balaban J connectivity index is 1.60. The van der Waals surface area contributed by atoms with Crippen LogP contribution in [0.4, 0.5) is 0 Å². The molecule has 0 saturated heterocycles. The molecule has 1 fully saturated rings. The lowest BCUT2D eigenvalue weighted by atomic mass is 10.1. The molecule has 0 aliphatic heterocycles. The van der Waals surface area contributed by atoms with Crippen LogP contribution >= 0.6 is 0 Å². The summed E-state index contributed by atoms with van der Waals surface area (Å²) in [5, 5.41) is 13.1. The van der Waals surface area contributed by atoms with Gasteiger partial charge in [-0.15, -0.1) is 0 Å². The number of aryl methyl sites for hydroxylation is 3. The van der Waals surface area contributed by atoms with Crippen molar-refractivity contribution in [2.75, 3.05) is 0 Å². The summed E-state index contributed by atoms with van der Waals surface area (Å²) < 4.78 is 3.62. The summed E-state index contributed by atoms with van der Waals surface area (Å²) in [6, 6.07) is 11.8. The van der Waals surface area contributed by atoms with Crippen LogP contribution in [0.15, 0.2) is 42.6 Å². The first kappa shape index (κ1) is 19.5. The third-order valence-electron chi connectivity index (χ3n) is 5.94. The second kappa shape index (κ2) is 7.34. The van der Waals surface area contributed by atoms with Crippen LogP contribution < -0.4 is 5.32 Å². The van der Waals surface area contributed by atoms with E-state index < -0.39 is 0 Å². The number of hydrogen-bond acceptors (Lipinski definition) is 4. The average molecular weight is 415 g/mol. The first-order chi connectivity index (χ1) is 14.9. The highest BCUT2D eigenvalue weighted by Gasteiger charge is 2.29. The number of amides is 1. The zero-order valence-electron chi connectivity index (χ0n) is 18.3. The Morgan fingerprint density at radius 2 is 1.87 bits per heavy atom. The molecule has 1 aliphatic rings. The standard InChI is InChI=1S/C24H26N6O/c1-14(20-13-29(4)27-15(20)2)25-24(31)19-12-21(17-10-11-17)26-23-22(19)16(3)28-30(23)18-8-6-5-7-9-18/h5-9,12-14,17H,10-11H2,1-4H3,(H,25,31)/t14-/m0/s1. The molecule has 1 saturated carbocycles. The van der Waals surface area contributed by atoms with E-state index in [0.717, 1.165) is 52.2 Å². The molecule has 0 spiro atoms. The molecule has 1 aliphatic carbocycles. The highest BCUT2D eigenvalue weighted by atomic mass is 16.1. The van der Waals surface area contributed by atoms with E-state index in [9.17, 15) is 4.79 Å². The summed E-state index contributed by atoms with van der Waals surface area (Å²) >= 11 is 0. The molecule has 31 heavy (non-hydrogen) atoms. The number of aromatic nitrogens is 5. The topological polar surface area (TPSA) is 77.6 Å². The van der Waals surface area contributed by atoms with Gasteiger partial charge in [-0.2, -0.15) is 10.2 Å². The molecule has 3 aromatic heterocycles. The van der Waals surface area contributed by atoms with E-state index in [2.05, 4.69) is 10.4 Å². The smallest absolute Gasteiger partial charge is 0.252 e. The number of rotatable bonds is 5. The molecule has 1 amide bonds. The summed E-state index contributed by atoms with van der Waals surface area (Å²) in [6.07, 6.45) is 4.18. The molecule has 0 radical (unpaired) electrons. The van der Waals surface area contributed by atoms with Crippen molar-refractivity contribution < 1.29 is 4.79 Å². The fourth-order valence-corrected chi connectivity index (χ4v) is 4.22. The van der Waals surface area contributed by atoms with E-state index in [1.54, 1.807) is 4.68 Å². The average Bonchev–Trinajstić information content (AvgIpc) is 3.48. The Morgan fingerprint density at radius 3 is 2.52 bits per heavy atom. The Hall–Kier alpha value is -3.48. The van der Waals surface area contributed by atoms with E-state index >= 15 is 0 Å². The van der Waals surface area contributed by atoms with Gasteiger partial charge in [-0.3, -0.25) is 9.48 Å². The predicted molar refractivity (Wildman–Crippen MR) is 119 cm³/mol. The van der Waals surface area contributed by atoms with Gasteiger partial charge >= 0.3 is 0 Å². The Kier molecular flexibility index (Phi) is 4.61. The van der Waals surface area contributed by atoms with Gasteiger partial charge in [-0.1, -0.05) is 18.2 Å². The summed E-state index contributed by atoms with van der Waals surface area (Å²) in [4.78, 5) is 18.4. The van der Waals surface area contributed by atoms with Crippen molar-refractivity contribution in [2.45, 2.75) is 45.6 Å². The summed E-state index contributed by atoms with van der Waals surface area (Å²) in [7, 11) is 1.89. The number of benzene rings is 1. The van der Waals surface area contributed by atoms with Crippen LogP contribution in [-0.4, -0.2) is 30.5 Å². The molecule has 0 unspecified atom stereocenters. The fourth-order valence-electron chi connectivity index (χ4n) is 4.22. The largest absolute Gasteiger partial charge is 0.345 e. The SMILES string of the molecule is Cc1nn(C)cc1[C@H](C)NC(=O)c1cc(C2CC2)nc2c1c(C)nn2-c1ccccc1. The molecule has 1 aromatic carbocycles. The van der Waals surface area contributed by atoms with E-state index in [1.165, 1.54) is 0 Å². The normalized spacial score (nSPS) is 14.7. The van der Waals surface area contributed by atoms with Crippen molar-refractivity contribution in [1.29, 1.82) is 0 Å². The summed E-state index contributed by atoms with van der Waals surface area (Å²) in [5.74, 6) is 0.314. The molecule has 1 N–H and O–H groups in total. The Morgan fingerprint density at radius 1 is 1.13 bits per heavy atom. The molecule has 4 aromatic rings. The number of carbonyl (C=O) groups is 1. The van der Waals surface area contributed by atoms with Crippen LogP contribution in [0.1, 0.15) is 64.7 Å². The number of fused-ring (bicyclic) bond motifs is 1. The number of nitrogens with one attached hydrogen (secondary N) is 1. The minimum absolute atomic E-state index is 0.110. The third-order valence-corrected chi connectivity index (χ3v) is 5.94. The lowest BCUT2D eigenvalue weighted by Crippen LogP contribution is -2.27. The van der Waals surface area contributed by atoms with Crippen LogP contribution in [0.2, 0.25) is 0 Å². The van der Waals surface area contributed by atoms with Crippen molar-refractivity contribution in [3.63, 3.8) is 0 Å². The molecule has 7 heteroatoms. The third kappa shape index (κ3) is 3.50. The minimum atomic E-state index is -0.154. The van der Waals surface area contributed by atoms with Crippen molar-refractivity contribution >= 4 is 16.9 Å². The molecule has 3 heterocycles. The van der Waals surface area contributed by atoms with Crippen LogP contribution in [0.5, 0.6) is 0 Å². The van der Waals surface area contributed by atoms with E-state index in [1.807, 2.05) is 75.1 Å². The minimum Gasteiger partial charge on any atom is -0.345 e. The first-order valence-electron chi connectivity index (χ1n) is 10.7. The molecule has 1 atom stereocenters. The van der Waals surface area contributed by atoms with E-state index in [-0.39, 0.29) is 11.9 Å². The maximum atomic E-state index is 13.5. The zero-order valence-corrected chi connectivity index (χ0v) is 18.3. The van der Waals surface area contributed by atoms with Gasteiger partial charge in [-0.25, -0.2) is 9.67 Å². The van der Waals surface area contributed by atoms with Crippen molar-refractivity contribution in [3.8, 4) is 5.69 Å². The highest BCUT2D eigenvalue weighted by Crippen LogP contribution is 2.40. The van der Waals surface area contributed by atoms with Gasteiger partial charge in [0.05, 0.1) is 34.1 Å². The molecular weight excluding hydrogens is 388 g/mol. The van der Waals surface area contributed by atoms with Crippen molar-refractivity contribution in [2.24, 2.45) is 7.05 Å². The van der Waals surface area contributed by atoms with Gasteiger partial charge < -0.3 is 5.32 Å². The van der Waals surface area contributed by atoms with Crippen LogP contribution in [0, 0.1) is 13.8 Å². The second-order valence-electron chi connectivity index (χ2n) is 8.44. The van der Waals surface area contributed by atoms with Gasteiger partial charge in [0.2, 0.25) is 0 Å². The summed E-state index contributed by atoms with van der Waals surface area (Å²) in [6.45, 7) is 5.88. The monoisotopic (exact) mass is 414 g/mol. The highest BCUT2D eigenvalue weighted by molar-refractivity contribution is 6.07. The van der Waals surface area contributed by atoms with Gasteiger partial charge in [0.15, 0.2) is 5.65 Å². The lowest BCUT2D eigenvalue weighted by molar-refractivity contribution is 0.0941. The number of pyridine rings is 1. The molecule has 7 nitrogen and oxygen atoms in total. The first-order valence-corrected chi connectivity index (χ1v) is 10.7. The maximum absolute atomic E-state index is 13.5. The van der Waals surface area contributed by atoms with Gasteiger partial charge in [-0.05, 0) is 51.8 Å². The van der Waals surface area contributed by atoms with Crippen LogP contribution in [0.3, 0.4) is 0 Å². The maximum Gasteiger partial charge on any atom is 0.252 e. The predicted octanol–water partition coefficient (Wildman–Crippen LogP) is 4.14. The quantitative estimate of drug-likeness (QED) is 0.532. The number of hydrogen-bond donors (Lipinski definition) is 1. The van der Waals surface area contributed by atoms with E-state index in [4.69, 9.17) is 10.1 Å². The van der Waals surface area contributed by atoms with Gasteiger partial charge in [0.1, 0.15) is 0 Å². The molecular formula is C24H26N6O. The number of carbonyl (C=O) groups excluding carboxylic acids is 1. The number of nitrogens with zero attached hydrogens (tertiary/aromatic N) is 5.